The van der Waals surface area contributed by atoms with Gasteiger partial charge in [0.1, 0.15) is 59.2 Å². The molecular formula is C120H186N6O24. The number of methoxy groups -OCH3 is 2. The number of carbonyl (C=O) groups excluding carboxylic acids is 6. The van der Waals surface area contributed by atoms with Crippen LogP contribution in [-0.4, -0.2) is 215 Å². The van der Waals surface area contributed by atoms with Crippen molar-refractivity contribution in [1.29, 1.82) is 0 Å². The maximum Gasteiger partial charge on any atom is 0.412 e. The van der Waals surface area contributed by atoms with Crippen molar-refractivity contribution >= 4 is 36.2 Å². The third-order valence-electron chi connectivity index (χ3n) is 27.0. The molecule has 840 valence electrons. The summed E-state index contributed by atoms with van der Waals surface area (Å²) in [5.74, 6) is 0.433. The van der Waals surface area contributed by atoms with Crippen LogP contribution in [0.4, 0.5) is 14.4 Å². The number of nitrogens with two attached hydrogens (primary N) is 3. The van der Waals surface area contributed by atoms with Crippen LogP contribution in [0.1, 0.15) is 318 Å². The predicted octanol–water partition coefficient (Wildman–Crippen LogP) is 22.1. The number of unbranched alkanes of at least 4 members (excludes halogenated alkanes) is 11. The van der Waals surface area contributed by atoms with E-state index in [1.54, 1.807) is 26.4 Å². The van der Waals surface area contributed by atoms with Crippen LogP contribution >= 0.6 is 0 Å². The van der Waals surface area contributed by atoms with Crippen molar-refractivity contribution in [3.63, 3.8) is 0 Å². The average molecular weight is 2100 g/mol. The van der Waals surface area contributed by atoms with E-state index < -0.39 is 48.9 Å². The van der Waals surface area contributed by atoms with Crippen LogP contribution < -0.4 is 61.6 Å². The number of phenolic OH excluding ortho intramolecular Hbond substituents is 2. The molecule has 4 aliphatic rings. The van der Waals surface area contributed by atoms with Crippen molar-refractivity contribution in [2.75, 3.05) is 153 Å². The Morgan fingerprint density at radius 2 is 0.593 bits per heavy atom. The van der Waals surface area contributed by atoms with Gasteiger partial charge >= 0.3 is 36.2 Å². The van der Waals surface area contributed by atoms with Crippen molar-refractivity contribution in [2.24, 2.45) is 40.9 Å². The number of carbonyl (C=O) groups is 6. The van der Waals surface area contributed by atoms with E-state index in [0.29, 0.717) is 156 Å². The lowest BCUT2D eigenvalue weighted by Gasteiger charge is -2.32. The number of hydrogen-bond acceptors (Lipinski definition) is 27. The zero-order chi connectivity index (χ0) is 110. The van der Waals surface area contributed by atoms with E-state index in [4.69, 9.17) is 88.6 Å². The van der Waals surface area contributed by atoms with Crippen molar-refractivity contribution in [3.8, 4) is 46.0 Å². The number of allylic oxidation sites excluding steroid dienone is 12. The number of aryl methyl sites for hydroxylation is 4. The molecule has 0 bridgehead atoms. The summed E-state index contributed by atoms with van der Waals surface area (Å²) in [5.41, 5.74) is 32.1. The van der Waals surface area contributed by atoms with Crippen molar-refractivity contribution in [2.45, 2.75) is 305 Å². The lowest BCUT2D eigenvalue weighted by molar-refractivity contribution is -0.145. The molecule has 0 saturated carbocycles. The van der Waals surface area contributed by atoms with E-state index >= 15 is 0 Å². The molecule has 0 saturated heterocycles. The summed E-state index contributed by atoms with van der Waals surface area (Å²) in [4.78, 5) is 76.8. The molecule has 4 aromatic rings. The third kappa shape index (κ3) is 49.0. The molecule has 0 fully saturated rings. The summed E-state index contributed by atoms with van der Waals surface area (Å²) < 4.78 is 78.0. The van der Waals surface area contributed by atoms with Gasteiger partial charge in [-0.3, -0.25) is 0 Å². The SMILES string of the molecule is C=C(C)[C@@H]1CCC(C)=C[C@H]1c1c(O)cc(CCCCC)cc1OC(=O)NCCCCN.C=C(C)[C@@H]1CCC(C)=C[C@H]1c1c(O)cc(CCCCC)cc1OC(=O)[C@@H](O)CO.C=C(C)[C@@H]1CCC(C)=C[C@H]1c1c(OC(=O)COCCOCCOCCOC)cc(CCCCC)cc1OC(=O)COCCOCCOCCOC.C=C(C)[C@@H]1CCC(C)=C[C@H]1c1c(OC(=O)NCCCCN)cc(CCCCC)cc1OC(=O)NCCCCN. The fraction of sp³-hybridized carbons (Fsp3) is 0.617. The second-order valence-corrected chi connectivity index (χ2v) is 40.1. The van der Waals surface area contributed by atoms with Crippen LogP contribution in [0.5, 0.6) is 46.0 Å². The van der Waals surface area contributed by atoms with E-state index in [0.717, 1.165) is 237 Å². The molecule has 0 spiro atoms. The van der Waals surface area contributed by atoms with Gasteiger partial charge in [0.25, 0.3) is 0 Å². The predicted molar refractivity (Wildman–Crippen MR) is 594 cm³/mol. The van der Waals surface area contributed by atoms with Gasteiger partial charge in [0.15, 0.2) is 6.10 Å². The van der Waals surface area contributed by atoms with E-state index in [9.17, 15) is 44.1 Å². The van der Waals surface area contributed by atoms with Crippen LogP contribution in [0.2, 0.25) is 0 Å². The first-order valence-corrected chi connectivity index (χ1v) is 54.9. The first-order valence-electron chi connectivity index (χ1n) is 54.9. The molecule has 30 nitrogen and oxygen atoms in total. The Kier molecular flexibility index (Phi) is 66.0. The van der Waals surface area contributed by atoms with Crippen molar-refractivity contribution < 1.29 is 116 Å². The molecule has 3 amide bonds. The van der Waals surface area contributed by atoms with E-state index in [1.165, 1.54) is 22.3 Å². The number of aliphatic hydroxyl groups is 2. The Morgan fingerprint density at radius 3 is 0.853 bits per heavy atom. The third-order valence-corrected chi connectivity index (χ3v) is 27.0. The number of hydrogen-bond donors (Lipinski definition) is 10. The van der Waals surface area contributed by atoms with Crippen LogP contribution in [0.25, 0.3) is 0 Å². The largest absolute Gasteiger partial charge is 0.507 e. The van der Waals surface area contributed by atoms with Gasteiger partial charge < -0.3 is 120 Å². The highest BCUT2D eigenvalue weighted by Gasteiger charge is 2.38. The van der Waals surface area contributed by atoms with E-state index in [1.807, 2.05) is 64.1 Å². The molecule has 0 aliphatic heterocycles. The molecule has 30 heteroatoms. The number of rotatable bonds is 66. The van der Waals surface area contributed by atoms with Gasteiger partial charge in [0.2, 0.25) is 0 Å². The number of ether oxygens (including phenoxy) is 14. The first-order chi connectivity index (χ1) is 72.2. The average Bonchev–Trinajstić information content (AvgIpc) is 0.775. The molecule has 0 unspecified atom stereocenters. The molecule has 4 aliphatic carbocycles. The van der Waals surface area contributed by atoms with Gasteiger partial charge in [-0.25, -0.2) is 28.8 Å². The number of aromatic hydroxyl groups is 2. The van der Waals surface area contributed by atoms with Gasteiger partial charge in [-0.2, -0.15) is 0 Å². The Balaban J connectivity index is 0.000000360. The molecular weight excluding hydrogens is 1910 g/mol. The Morgan fingerprint density at radius 1 is 0.347 bits per heavy atom. The molecule has 0 aromatic heterocycles. The van der Waals surface area contributed by atoms with Gasteiger partial charge in [-0.1, -0.05) is 174 Å². The summed E-state index contributed by atoms with van der Waals surface area (Å²) in [6.45, 7) is 48.6. The van der Waals surface area contributed by atoms with Crippen molar-refractivity contribution in [1.82, 2.24) is 16.0 Å². The minimum atomic E-state index is -1.62. The number of nitrogens with one attached hydrogen (secondary N) is 3. The first kappa shape index (κ1) is 131. The van der Waals surface area contributed by atoms with Gasteiger partial charge in [0, 0.05) is 79.8 Å². The zero-order valence-electron chi connectivity index (χ0n) is 93.2. The molecule has 0 heterocycles. The summed E-state index contributed by atoms with van der Waals surface area (Å²) in [7, 11) is 3.24. The highest BCUT2D eigenvalue weighted by atomic mass is 16.6. The molecule has 8 rings (SSSR count). The van der Waals surface area contributed by atoms with Gasteiger partial charge in [0.05, 0.1) is 85.9 Å². The van der Waals surface area contributed by atoms with Crippen LogP contribution in [0, 0.1) is 23.7 Å². The maximum atomic E-state index is 13.2. The fourth-order valence-corrected chi connectivity index (χ4v) is 18.8. The Hall–Kier alpha value is -9.90. The number of aliphatic hydroxyl groups excluding tert-OH is 2. The zero-order valence-corrected chi connectivity index (χ0v) is 93.2. The minimum Gasteiger partial charge on any atom is -0.507 e. The highest BCUT2D eigenvalue weighted by molar-refractivity contribution is 5.79. The maximum absolute atomic E-state index is 13.2. The quantitative estimate of drug-likeness (QED) is 0.00849. The number of phenols is 2. The molecule has 13 N–H and O–H groups in total. The standard InChI is InChI=1S/C39H62O12.C31H50N4O4.C26H40N2O3.C24H34O5/c1-7-8-9-10-32-26-35(50-37(40)28-48-23-21-46-19-17-44-15-13-42-5)39(34-25-31(4)11-12-33(34)30(2)3)36(27-32)51-38(41)29-49-24-22-47-20-18-45-16-14-43-6;1-5-6-7-12-24-20-27(38-30(36)34-17-10-8-15-32)29(26-19-23(4)13-14-25(26)22(2)3)28(21-24)39-31(37)35-18-11-9-16-33;1-5-6-7-10-20-16-23(29)25(22-15-19(4)11-12-21(22)18(2)3)24(17-20)31-26(30)28-14-9-8-13-27;1-5-6-7-8-17-12-20(26)23(22(13-17)29-24(28)21(27)14-25)19-11-16(4)9-10-18(19)15(2)3/h25-27,33-34H,2,7-24,28-29H2,1,3-6H3;19-21,25-26H,2,5-18,32-33H2,1,3-4H3,(H,34,36)(H,35,37);15-17,21-22,29H,2,5-14,27H2,1,3-4H3,(H,28,30);11-13,18-19,21,25-27H,2,5-10,14H2,1,3-4H3/t33-,34+;25-,26+;21-,22+;18-,19+,21-/m0000/s1. The molecule has 4 aromatic carbocycles. The lowest BCUT2D eigenvalue weighted by atomic mass is 9.73. The summed E-state index contributed by atoms with van der Waals surface area (Å²) >= 11 is 0. The lowest BCUT2D eigenvalue weighted by Crippen LogP contribution is -2.30. The second-order valence-electron chi connectivity index (χ2n) is 40.1. The second kappa shape index (κ2) is 75.8. The van der Waals surface area contributed by atoms with Crippen molar-refractivity contribution in [3.05, 3.63) is 188 Å². The van der Waals surface area contributed by atoms with Crippen LogP contribution in [0.15, 0.2) is 144 Å². The highest BCUT2D eigenvalue weighted by Crippen LogP contribution is 2.53. The van der Waals surface area contributed by atoms with E-state index in [-0.39, 0.29) is 91.0 Å². The van der Waals surface area contributed by atoms with Crippen LogP contribution in [-0.2, 0) is 78.0 Å². The normalized spacial score (nSPS) is 17.4. The smallest absolute Gasteiger partial charge is 0.412 e. The monoisotopic (exact) mass is 2100 g/mol. The molecule has 9 atom stereocenters. The molecule has 150 heavy (non-hydrogen) atoms. The van der Waals surface area contributed by atoms with Gasteiger partial charge in [-0.15, -0.1) is 0 Å². The summed E-state index contributed by atoms with van der Waals surface area (Å²) in [6.07, 6.45) is 33.7. The van der Waals surface area contributed by atoms with Crippen LogP contribution in [0.3, 0.4) is 0 Å². The fourth-order valence-electron chi connectivity index (χ4n) is 18.8. The summed E-state index contributed by atoms with van der Waals surface area (Å²) in [6, 6.07) is 15.0. The topological polar surface area (TPSA) is 427 Å². The Bertz CT molecular complexity index is 4780. The van der Waals surface area contributed by atoms with Gasteiger partial charge in [-0.05, 0) is 311 Å². The minimum absolute atomic E-state index is 0.0593. The Labute approximate surface area is 896 Å². The number of amides is 3. The molecule has 0 radical (unpaired) electrons. The summed E-state index contributed by atoms with van der Waals surface area (Å²) in [5, 5.41) is 49.2. The van der Waals surface area contributed by atoms with E-state index in [2.05, 4.69) is 122 Å². The number of benzene rings is 4. The number of esters is 3.